The number of rotatable bonds is 0. The third-order valence-corrected chi connectivity index (χ3v) is 1.84. The molecule has 0 saturated heterocycles. The first-order chi connectivity index (χ1) is 5.38. The second-order valence-corrected chi connectivity index (χ2v) is 2.60. The Morgan fingerprint density at radius 3 is 3.27 bits per heavy atom. The summed E-state index contributed by atoms with van der Waals surface area (Å²) in [6.45, 7) is 0. The molecule has 1 heteroatoms. The molecule has 1 aromatic rings. The summed E-state index contributed by atoms with van der Waals surface area (Å²) >= 11 is 0. The van der Waals surface area contributed by atoms with E-state index < -0.39 is 0 Å². The average molecular weight is 143 g/mol. The molecule has 0 saturated carbocycles. The van der Waals surface area contributed by atoms with Gasteiger partial charge in [-0.1, -0.05) is 6.08 Å². The maximum absolute atomic E-state index is 3.07. The Balaban J connectivity index is 2.69. The van der Waals surface area contributed by atoms with Gasteiger partial charge < -0.3 is 4.57 Å². The number of aryl methyl sites for hydroxylation is 1. The monoisotopic (exact) mass is 143 g/mol. The highest BCUT2D eigenvalue weighted by Crippen LogP contribution is 2.14. The molecule has 1 heterocycles. The lowest BCUT2D eigenvalue weighted by Crippen LogP contribution is -1.88. The second kappa shape index (κ2) is 2.30. The van der Waals surface area contributed by atoms with Gasteiger partial charge in [0.2, 0.25) is 0 Å². The van der Waals surface area contributed by atoms with E-state index in [2.05, 4.69) is 28.6 Å². The van der Waals surface area contributed by atoms with Crippen molar-refractivity contribution >= 4 is 12.2 Å². The number of allylic oxidation sites excluding steroid dienone is 2. The molecule has 11 heavy (non-hydrogen) atoms. The fraction of sp³-hybridized carbons (Fsp3) is 0.100. The van der Waals surface area contributed by atoms with Crippen LogP contribution < -0.4 is 0 Å². The summed E-state index contributed by atoms with van der Waals surface area (Å²) in [4.78, 5) is 0. The summed E-state index contributed by atoms with van der Waals surface area (Å²) in [6, 6.07) is 2.09. The number of nitrogens with zero attached hydrogens (tertiary/aromatic N) is 1. The first-order valence-electron chi connectivity index (χ1n) is 3.62. The van der Waals surface area contributed by atoms with Crippen molar-refractivity contribution in [2.24, 2.45) is 7.05 Å². The Morgan fingerprint density at radius 1 is 1.45 bits per heavy atom. The molecule has 1 nitrogen and oxygen atoms in total. The average Bonchev–Trinajstić information content (AvgIpc) is 2.25. The van der Waals surface area contributed by atoms with E-state index in [1.54, 1.807) is 0 Å². The molecule has 0 fully saturated rings. The SMILES string of the molecule is Cn1ccc2c1C=CC=C=C2. The molecule has 0 amide bonds. The largest absolute Gasteiger partial charge is 0.351 e. The van der Waals surface area contributed by atoms with Crippen molar-refractivity contribution in [3.63, 3.8) is 0 Å². The van der Waals surface area contributed by atoms with Crippen LogP contribution in [0.1, 0.15) is 11.3 Å². The van der Waals surface area contributed by atoms with Crippen molar-refractivity contribution in [1.29, 1.82) is 0 Å². The quantitative estimate of drug-likeness (QED) is 0.491. The zero-order valence-corrected chi connectivity index (χ0v) is 6.41. The molecule has 54 valence electrons. The van der Waals surface area contributed by atoms with Crippen LogP contribution in [0.25, 0.3) is 12.2 Å². The highest BCUT2D eigenvalue weighted by atomic mass is 14.9. The van der Waals surface area contributed by atoms with Gasteiger partial charge in [0, 0.05) is 24.5 Å². The van der Waals surface area contributed by atoms with Crippen molar-refractivity contribution in [3.05, 3.63) is 41.4 Å². The minimum absolute atomic E-state index is 1.23. The van der Waals surface area contributed by atoms with Crippen LogP contribution in [0.3, 0.4) is 0 Å². The van der Waals surface area contributed by atoms with Crippen LogP contribution in [0.15, 0.2) is 30.1 Å². The zero-order valence-electron chi connectivity index (χ0n) is 6.41. The van der Waals surface area contributed by atoms with E-state index >= 15 is 0 Å². The van der Waals surface area contributed by atoms with Crippen LogP contribution in [-0.4, -0.2) is 4.57 Å². The molecule has 0 N–H and O–H groups in total. The lowest BCUT2D eigenvalue weighted by molar-refractivity contribution is 0.914. The first-order valence-corrected chi connectivity index (χ1v) is 3.62. The van der Waals surface area contributed by atoms with Crippen molar-refractivity contribution in [2.75, 3.05) is 0 Å². The molecule has 1 aliphatic carbocycles. The van der Waals surface area contributed by atoms with Crippen molar-refractivity contribution < 1.29 is 0 Å². The van der Waals surface area contributed by atoms with E-state index in [4.69, 9.17) is 0 Å². The predicted molar refractivity (Wildman–Crippen MR) is 47.0 cm³/mol. The van der Waals surface area contributed by atoms with Gasteiger partial charge in [-0.25, -0.2) is 0 Å². The Labute approximate surface area is 66.0 Å². The van der Waals surface area contributed by atoms with E-state index in [1.165, 1.54) is 11.3 Å². The van der Waals surface area contributed by atoms with Crippen molar-refractivity contribution in [3.8, 4) is 0 Å². The summed E-state index contributed by atoms with van der Waals surface area (Å²) in [6.07, 6.45) is 10.1. The topological polar surface area (TPSA) is 4.93 Å². The number of aromatic nitrogens is 1. The molecule has 1 aromatic heterocycles. The normalized spacial score (nSPS) is 13.2. The van der Waals surface area contributed by atoms with Gasteiger partial charge in [0.25, 0.3) is 0 Å². The zero-order chi connectivity index (χ0) is 7.68. The third-order valence-electron chi connectivity index (χ3n) is 1.84. The maximum atomic E-state index is 3.07. The summed E-state index contributed by atoms with van der Waals surface area (Å²) < 4.78 is 2.10. The van der Waals surface area contributed by atoms with E-state index in [0.717, 1.165) is 0 Å². The molecule has 0 spiro atoms. The lowest BCUT2D eigenvalue weighted by atomic mass is 10.2. The molecule has 0 bridgehead atoms. The van der Waals surface area contributed by atoms with Crippen LogP contribution in [0, 0.1) is 0 Å². The molecule has 2 rings (SSSR count). The predicted octanol–water partition coefficient (Wildman–Crippen LogP) is 2.22. The Hall–Kier alpha value is -1.46. The van der Waals surface area contributed by atoms with Gasteiger partial charge in [-0.05, 0) is 24.3 Å². The minimum atomic E-state index is 1.23. The Bertz CT molecular complexity index is 360. The number of hydrogen-bond donors (Lipinski definition) is 0. The van der Waals surface area contributed by atoms with Gasteiger partial charge in [-0.2, -0.15) is 0 Å². The van der Waals surface area contributed by atoms with E-state index in [0.29, 0.717) is 0 Å². The van der Waals surface area contributed by atoms with Gasteiger partial charge in [0.15, 0.2) is 0 Å². The second-order valence-electron chi connectivity index (χ2n) is 2.60. The van der Waals surface area contributed by atoms with Crippen LogP contribution >= 0.6 is 0 Å². The highest BCUT2D eigenvalue weighted by molar-refractivity contribution is 5.65. The van der Waals surface area contributed by atoms with E-state index in [9.17, 15) is 0 Å². The standard InChI is InChI=1S/C10H9N/c1-11-8-7-9-5-3-2-4-6-10(9)11/h2,4-8H,1H3. The number of hydrogen-bond acceptors (Lipinski definition) is 0. The fourth-order valence-electron chi connectivity index (χ4n) is 1.23. The molecule has 0 atom stereocenters. The minimum Gasteiger partial charge on any atom is -0.351 e. The summed E-state index contributed by atoms with van der Waals surface area (Å²) in [7, 11) is 2.04. The fourth-order valence-corrected chi connectivity index (χ4v) is 1.23. The van der Waals surface area contributed by atoms with Gasteiger partial charge >= 0.3 is 0 Å². The molecule has 0 aromatic carbocycles. The van der Waals surface area contributed by atoms with Crippen LogP contribution in [-0.2, 0) is 7.05 Å². The van der Waals surface area contributed by atoms with Gasteiger partial charge in [-0.15, -0.1) is 5.73 Å². The highest BCUT2D eigenvalue weighted by Gasteiger charge is 1.99. The van der Waals surface area contributed by atoms with Crippen molar-refractivity contribution in [1.82, 2.24) is 4.57 Å². The van der Waals surface area contributed by atoms with Gasteiger partial charge in [-0.3, -0.25) is 0 Å². The molecular weight excluding hydrogens is 134 g/mol. The Kier molecular flexibility index (Phi) is 1.31. The van der Waals surface area contributed by atoms with Gasteiger partial charge in [0.1, 0.15) is 0 Å². The molecule has 0 radical (unpaired) electrons. The summed E-state index contributed by atoms with van der Waals surface area (Å²) in [5.41, 5.74) is 5.54. The van der Waals surface area contributed by atoms with E-state index in [-0.39, 0.29) is 0 Å². The molecule has 0 aliphatic heterocycles. The first kappa shape index (κ1) is 6.26. The lowest BCUT2D eigenvalue weighted by Gasteiger charge is -1.95. The smallest absolute Gasteiger partial charge is 0.0484 e. The molecule has 0 unspecified atom stereocenters. The number of fused-ring (bicyclic) bond motifs is 1. The van der Waals surface area contributed by atoms with E-state index in [1.807, 2.05) is 25.3 Å². The van der Waals surface area contributed by atoms with Crippen LogP contribution in [0.2, 0.25) is 0 Å². The van der Waals surface area contributed by atoms with Gasteiger partial charge in [0.05, 0.1) is 0 Å². The molecule has 1 aliphatic rings. The molecular formula is C10H9N. The maximum Gasteiger partial charge on any atom is 0.0484 e. The Morgan fingerprint density at radius 2 is 2.36 bits per heavy atom. The van der Waals surface area contributed by atoms with Crippen LogP contribution in [0.5, 0.6) is 0 Å². The summed E-state index contributed by atoms with van der Waals surface area (Å²) in [5.74, 6) is 0. The van der Waals surface area contributed by atoms with Crippen LogP contribution in [0.4, 0.5) is 0 Å². The van der Waals surface area contributed by atoms with Crippen molar-refractivity contribution in [2.45, 2.75) is 0 Å². The third kappa shape index (κ3) is 0.957. The summed E-state index contributed by atoms with van der Waals surface area (Å²) in [5, 5.41) is 0.